The van der Waals surface area contributed by atoms with Crippen LogP contribution < -0.4 is 4.57 Å². The second-order valence-electron chi connectivity index (χ2n) is 6.05. The topological polar surface area (TPSA) is 17.0 Å². The highest BCUT2D eigenvalue weighted by Gasteiger charge is 2.23. The molecule has 0 atom stereocenters. The van der Waals surface area contributed by atoms with Crippen molar-refractivity contribution in [3.8, 4) is 11.3 Å². The quantitative estimate of drug-likeness (QED) is 0.460. The maximum absolute atomic E-state index is 14.6. The first kappa shape index (κ1) is 13.9. The summed E-state index contributed by atoms with van der Waals surface area (Å²) < 4.78 is 22.7. The van der Waals surface area contributed by atoms with Gasteiger partial charge >= 0.3 is 0 Å². The number of fused-ring (bicyclic) bond motifs is 3. The van der Waals surface area contributed by atoms with E-state index in [0.717, 1.165) is 27.8 Å². The Morgan fingerprint density at radius 1 is 1.04 bits per heavy atom. The van der Waals surface area contributed by atoms with E-state index < -0.39 is 0 Å². The number of aryl methyl sites for hydroxylation is 3. The van der Waals surface area contributed by atoms with Gasteiger partial charge in [-0.15, -0.1) is 0 Å². The Morgan fingerprint density at radius 2 is 1.83 bits per heavy atom. The fraction of sp³-hybridized carbons (Fsp3) is 0.150. The molecule has 0 spiro atoms. The number of para-hydroxylation sites is 1. The lowest BCUT2D eigenvalue weighted by Crippen LogP contribution is -2.30. The summed E-state index contributed by atoms with van der Waals surface area (Å²) >= 11 is 0. The number of halogens is 1. The molecule has 0 aliphatic carbocycles. The van der Waals surface area contributed by atoms with E-state index in [2.05, 4.69) is 19.1 Å². The Kier molecular flexibility index (Phi) is 2.98. The molecule has 0 amide bonds. The molecule has 0 unspecified atom stereocenters. The van der Waals surface area contributed by atoms with Crippen molar-refractivity contribution >= 4 is 21.9 Å². The third kappa shape index (κ3) is 2.04. The molecule has 0 aliphatic heterocycles. The lowest BCUT2D eigenvalue weighted by molar-refractivity contribution is -0.660. The zero-order chi connectivity index (χ0) is 16.1. The first-order valence-electron chi connectivity index (χ1n) is 7.63. The Balaban J connectivity index is 2.21. The summed E-state index contributed by atoms with van der Waals surface area (Å²) in [7, 11) is 1.99. The summed E-state index contributed by atoms with van der Waals surface area (Å²) in [4.78, 5) is 0. The van der Waals surface area contributed by atoms with Crippen molar-refractivity contribution in [1.29, 1.82) is 0 Å². The van der Waals surface area contributed by atoms with Crippen molar-refractivity contribution < 1.29 is 13.4 Å². The number of benzene rings is 2. The predicted molar refractivity (Wildman–Crippen MR) is 89.8 cm³/mol. The average Bonchev–Trinajstić information content (AvgIpc) is 2.90. The second kappa shape index (κ2) is 4.92. The molecule has 0 N–H and O–H groups in total. The molecular formula is C20H17FNO+. The van der Waals surface area contributed by atoms with Crippen LogP contribution in [0.25, 0.3) is 33.2 Å². The van der Waals surface area contributed by atoms with Crippen LogP contribution in [0.1, 0.15) is 11.1 Å². The predicted octanol–water partition coefficient (Wildman–Crippen LogP) is 4.83. The normalized spacial score (nSPS) is 11.5. The molecule has 0 saturated heterocycles. The van der Waals surface area contributed by atoms with Gasteiger partial charge in [-0.3, -0.25) is 0 Å². The largest absolute Gasteiger partial charge is 0.455 e. The van der Waals surface area contributed by atoms with Crippen molar-refractivity contribution in [2.24, 2.45) is 7.05 Å². The van der Waals surface area contributed by atoms with Gasteiger partial charge in [-0.1, -0.05) is 18.2 Å². The number of pyridine rings is 1. The second-order valence-corrected chi connectivity index (χ2v) is 6.05. The maximum Gasteiger partial charge on any atom is 0.216 e. The minimum atomic E-state index is -0.235. The Bertz CT molecular complexity index is 1060. The highest BCUT2D eigenvalue weighted by atomic mass is 19.1. The summed E-state index contributed by atoms with van der Waals surface area (Å²) in [6, 6.07) is 13.3. The number of hydrogen-bond acceptors (Lipinski definition) is 1. The van der Waals surface area contributed by atoms with E-state index >= 15 is 0 Å². The smallest absolute Gasteiger partial charge is 0.216 e. The molecule has 23 heavy (non-hydrogen) atoms. The van der Waals surface area contributed by atoms with Crippen molar-refractivity contribution in [3.63, 3.8) is 0 Å². The minimum absolute atomic E-state index is 0.235. The van der Waals surface area contributed by atoms with Crippen molar-refractivity contribution in [2.75, 3.05) is 0 Å². The molecule has 114 valence electrons. The minimum Gasteiger partial charge on any atom is -0.455 e. The molecular weight excluding hydrogens is 289 g/mol. The number of aromatic nitrogens is 1. The summed E-state index contributed by atoms with van der Waals surface area (Å²) in [5, 5.41) is 1.37. The van der Waals surface area contributed by atoms with Gasteiger partial charge in [0.25, 0.3) is 0 Å². The first-order valence-corrected chi connectivity index (χ1v) is 7.63. The molecule has 2 aromatic carbocycles. The summed E-state index contributed by atoms with van der Waals surface area (Å²) in [6.45, 7) is 3.98. The Morgan fingerprint density at radius 3 is 2.65 bits per heavy atom. The SMILES string of the molecule is Cc1cc[n+](C)c(-c2c(C)cc(F)c3c2oc2ccccc23)c1. The Hall–Kier alpha value is -2.68. The van der Waals surface area contributed by atoms with Crippen molar-refractivity contribution in [2.45, 2.75) is 13.8 Å². The van der Waals surface area contributed by atoms with Crippen LogP contribution in [0.15, 0.2) is 53.1 Å². The summed E-state index contributed by atoms with van der Waals surface area (Å²) in [6.07, 6.45) is 2.02. The van der Waals surface area contributed by atoms with Gasteiger partial charge in [-0.05, 0) is 37.1 Å². The standard InChI is InChI=1S/C20H17FNO/c1-12-8-9-22(3)16(10-12)18-13(2)11-15(21)19-14-6-4-5-7-17(14)23-20(18)19/h4-11H,1-3H3/q+1. The third-order valence-electron chi connectivity index (χ3n) is 4.36. The van der Waals surface area contributed by atoms with E-state index in [9.17, 15) is 4.39 Å². The van der Waals surface area contributed by atoms with Gasteiger partial charge in [-0.2, -0.15) is 0 Å². The molecule has 2 nitrogen and oxygen atoms in total. The van der Waals surface area contributed by atoms with Crippen LogP contribution in [-0.4, -0.2) is 0 Å². The molecule has 0 saturated carbocycles. The molecule has 0 fully saturated rings. The number of rotatable bonds is 1. The van der Waals surface area contributed by atoms with E-state index in [1.165, 1.54) is 0 Å². The van der Waals surface area contributed by atoms with Gasteiger partial charge < -0.3 is 4.42 Å². The third-order valence-corrected chi connectivity index (χ3v) is 4.36. The maximum atomic E-state index is 14.6. The van der Waals surface area contributed by atoms with Crippen molar-refractivity contribution in [3.05, 3.63) is 65.6 Å². The lowest BCUT2D eigenvalue weighted by atomic mass is 9.99. The monoisotopic (exact) mass is 306 g/mol. The number of nitrogens with zero attached hydrogens (tertiary/aromatic N) is 1. The number of hydrogen-bond donors (Lipinski definition) is 0. The van der Waals surface area contributed by atoms with Crippen LogP contribution in [0.5, 0.6) is 0 Å². The zero-order valence-corrected chi connectivity index (χ0v) is 13.4. The molecule has 0 bridgehead atoms. The average molecular weight is 306 g/mol. The fourth-order valence-electron chi connectivity index (χ4n) is 3.21. The zero-order valence-electron chi connectivity index (χ0n) is 13.4. The van der Waals surface area contributed by atoms with E-state index in [0.29, 0.717) is 16.6 Å². The van der Waals surface area contributed by atoms with Crippen LogP contribution >= 0.6 is 0 Å². The van der Waals surface area contributed by atoms with Crippen LogP contribution in [-0.2, 0) is 7.05 Å². The Labute approximate surface area is 133 Å². The first-order chi connectivity index (χ1) is 11.1. The van der Waals surface area contributed by atoms with Crippen LogP contribution in [0, 0.1) is 19.7 Å². The molecule has 4 rings (SSSR count). The van der Waals surface area contributed by atoms with Gasteiger partial charge in [0.15, 0.2) is 11.8 Å². The van der Waals surface area contributed by atoms with E-state index in [4.69, 9.17) is 4.42 Å². The molecule has 0 radical (unpaired) electrons. The van der Waals surface area contributed by atoms with E-state index in [1.807, 2.05) is 49.0 Å². The lowest BCUT2D eigenvalue weighted by Gasteiger charge is -2.07. The molecule has 3 heteroatoms. The van der Waals surface area contributed by atoms with E-state index in [-0.39, 0.29) is 5.82 Å². The van der Waals surface area contributed by atoms with Crippen LogP contribution in [0.2, 0.25) is 0 Å². The molecule has 4 aromatic rings. The molecule has 2 aromatic heterocycles. The van der Waals surface area contributed by atoms with Gasteiger partial charge in [0, 0.05) is 17.5 Å². The summed E-state index contributed by atoms with van der Waals surface area (Å²) in [5.41, 5.74) is 5.32. The van der Waals surface area contributed by atoms with Gasteiger partial charge in [0.2, 0.25) is 5.69 Å². The van der Waals surface area contributed by atoms with Gasteiger partial charge in [-0.25, -0.2) is 8.96 Å². The number of furan rings is 1. The van der Waals surface area contributed by atoms with Gasteiger partial charge in [0.05, 0.1) is 10.9 Å². The highest BCUT2D eigenvalue weighted by Crippen LogP contribution is 2.38. The van der Waals surface area contributed by atoms with Gasteiger partial charge in [0.1, 0.15) is 18.4 Å². The fourth-order valence-corrected chi connectivity index (χ4v) is 3.21. The summed E-state index contributed by atoms with van der Waals surface area (Å²) in [5.74, 6) is -0.235. The van der Waals surface area contributed by atoms with Crippen molar-refractivity contribution in [1.82, 2.24) is 0 Å². The van der Waals surface area contributed by atoms with Crippen LogP contribution in [0.4, 0.5) is 4.39 Å². The highest BCUT2D eigenvalue weighted by molar-refractivity contribution is 6.10. The van der Waals surface area contributed by atoms with E-state index in [1.54, 1.807) is 6.07 Å². The van der Waals surface area contributed by atoms with Crippen LogP contribution in [0.3, 0.4) is 0 Å². The molecule has 0 aliphatic rings. The molecule has 2 heterocycles.